The highest BCUT2D eigenvalue weighted by atomic mass is 16.5. The average molecular weight is 474 g/mol. The highest BCUT2D eigenvalue weighted by Crippen LogP contribution is 2.40. The van der Waals surface area contributed by atoms with Crippen molar-refractivity contribution in [2.45, 2.75) is 19.8 Å². The summed E-state index contributed by atoms with van der Waals surface area (Å²) in [6, 6.07) is 13.4. The number of carbonyl (C=O) groups is 4. The Morgan fingerprint density at radius 1 is 0.971 bits per heavy atom. The Morgan fingerprint density at radius 2 is 1.71 bits per heavy atom. The molecule has 180 valence electrons. The summed E-state index contributed by atoms with van der Waals surface area (Å²) in [5, 5.41) is 2.83. The van der Waals surface area contributed by atoms with Crippen LogP contribution in [0.25, 0.3) is 0 Å². The van der Waals surface area contributed by atoms with E-state index in [1.165, 1.54) is 4.90 Å². The maximum absolute atomic E-state index is 13.3. The molecule has 4 amide bonds. The first-order valence-electron chi connectivity index (χ1n) is 11.8. The minimum atomic E-state index is -0.457. The Labute approximate surface area is 203 Å². The van der Waals surface area contributed by atoms with Crippen LogP contribution in [0.15, 0.2) is 60.2 Å². The summed E-state index contributed by atoms with van der Waals surface area (Å²) in [5.74, 6) is -1.87. The molecular weight excluding hydrogens is 446 g/mol. The Bertz CT molecular complexity index is 1230. The molecule has 5 rings (SSSR count). The first kappa shape index (κ1) is 23.0. The molecule has 0 aromatic heterocycles. The summed E-state index contributed by atoms with van der Waals surface area (Å²) >= 11 is 0. The molecule has 0 radical (unpaired) electrons. The fourth-order valence-corrected chi connectivity index (χ4v) is 5.01. The van der Waals surface area contributed by atoms with Crippen molar-refractivity contribution in [2.24, 2.45) is 11.8 Å². The molecule has 1 aliphatic carbocycles. The number of anilines is 2. The van der Waals surface area contributed by atoms with Crippen molar-refractivity contribution >= 4 is 35.0 Å². The molecule has 2 aromatic rings. The van der Waals surface area contributed by atoms with Gasteiger partial charge in [0.15, 0.2) is 0 Å². The lowest BCUT2D eigenvalue weighted by atomic mass is 9.82. The number of amides is 4. The molecule has 2 saturated heterocycles. The van der Waals surface area contributed by atoms with Crippen LogP contribution in [0.5, 0.6) is 0 Å². The maximum atomic E-state index is 13.3. The van der Waals surface area contributed by atoms with E-state index in [1.807, 2.05) is 13.0 Å². The number of fused-ring (bicyclic) bond motifs is 1. The molecule has 2 atom stereocenters. The second kappa shape index (κ2) is 9.46. The molecule has 2 fully saturated rings. The number of morpholine rings is 1. The van der Waals surface area contributed by atoms with Gasteiger partial charge in [-0.3, -0.25) is 19.2 Å². The fraction of sp³-hybridized carbons (Fsp3) is 0.333. The van der Waals surface area contributed by atoms with E-state index < -0.39 is 5.91 Å². The summed E-state index contributed by atoms with van der Waals surface area (Å²) in [6.45, 7) is 4.03. The highest BCUT2D eigenvalue weighted by Gasteiger charge is 2.49. The van der Waals surface area contributed by atoms with Gasteiger partial charge in [0.1, 0.15) is 0 Å². The largest absolute Gasteiger partial charge is 0.378 e. The van der Waals surface area contributed by atoms with Crippen LogP contribution >= 0.6 is 0 Å². The lowest BCUT2D eigenvalue weighted by Gasteiger charge is -2.27. The quantitative estimate of drug-likeness (QED) is 0.543. The molecular formula is C27H27N3O5. The van der Waals surface area contributed by atoms with Crippen LogP contribution < -0.4 is 10.2 Å². The van der Waals surface area contributed by atoms with Crippen LogP contribution in [-0.2, 0) is 14.3 Å². The Balaban J connectivity index is 1.37. The van der Waals surface area contributed by atoms with Gasteiger partial charge in [-0.15, -0.1) is 0 Å². The fourth-order valence-electron chi connectivity index (χ4n) is 5.01. The second-order valence-electron chi connectivity index (χ2n) is 9.17. The normalized spacial score (nSPS) is 22.0. The number of rotatable bonds is 4. The zero-order valence-electron chi connectivity index (χ0n) is 19.5. The Morgan fingerprint density at radius 3 is 2.51 bits per heavy atom. The van der Waals surface area contributed by atoms with Crippen molar-refractivity contribution in [3.05, 3.63) is 71.3 Å². The van der Waals surface area contributed by atoms with Gasteiger partial charge in [-0.2, -0.15) is 0 Å². The number of allylic oxidation sites excluding steroid dienone is 2. The van der Waals surface area contributed by atoms with E-state index >= 15 is 0 Å². The van der Waals surface area contributed by atoms with Gasteiger partial charge in [0, 0.05) is 24.3 Å². The number of para-hydroxylation sites is 1. The van der Waals surface area contributed by atoms with Crippen molar-refractivity contribution in [2.75, 3.05) is 36.5 Å². The van der Waals surface area contributed by atoms with Crippen molar-refractivity contribution < 1.29 is 23.9 Å². The summed E-state index contributed by atoms with van der Waals surface area (Å²) in [6.07, 6.45) is 3.11. The summed E-state index contributed by atoms with van der Waals surface area (Å²) < 4.78 is 5.31. The highest BCUT2D eigenvalue weighted by molar-refractivity contribution is 6.25. The van der Waals surface area contributed by atoms with Crippen LogP contribution in [0, 0.1) is 11.8 Å². The van der Waals surface area contributed by atoms with Crippen molar-refractivity contribution in [3.8, 4) is 0 Å². The molecule has 0 saturated carbocycles. The third-order valence-corrected chi connectivity index (χ3v) is 6.88. The summed E-state index contributed by atoms with van der Waals surface area (Å²) in [7, 11) is 0. The Kier molecular flexibility index (Phi) is 6.21. The molecule has 2 aromatic carbocycles. The number of hydrogen-bond donors (Lipinski definition) is 1. The number of ether oxygens (including phenoxy) is 1. The molecule has 1 N–H and O–H groups in total. The van der Waals surface area contributed by atoms with E-state index in [0.29, 0.717) is 50.4 Å². The third kappa shape index (κ3) is 4.37. The van der Waals surface area contributed by atoms with Crippen LogP contribution in [0.4, 0.5) is 11.4 Å². The van der Waals surface area contributed by atoms with E-state index in [-0.39, 0.29) is 40.8 Å². The van der Waals surface area contributed by atoms with Gasteiger partial charge in [-0.05, 0) is 50.1 Å². The molecule has 0 unspecified atom stereocenters. The van der Waals surface area contributed by atoms with Gasteiger partial charge in [0.25, 0.3) is 11.8 Å². The number of imide groups is 1. The second-order valence-corrected chi connectivity index (χ2v) is 9.17. The molecule has 3 aliphatic rings. The predicted octanol–water partition coefficient (Wildman–Crippen LogP) is 3.26. The van der Waals surface area contributed by atoms with E-state index in [0.717, 1.165) is 5.57 Å². The van der Waals surface area contributed by atoms with Gasteiger partial charge < -0.3 is 15.0 Å². The molecule has 8 nitrogen and oxygen atoms in total. The van der Waals surface area contributed by atoms with Crippen molar-refractivity contribution in [1.82, 2.24) is 4.90 Å². The van der Waals surface area contributed by atoms with E-state index in [1.54, 1.807) is 53.4 Å². The topological polar surface area (TPSA) is 96.0 Å². The Hall–Kier alpha value is -3.78. The third-order valence-electron chi connectivity index (χ3n) is 6.88. The minimum absolute atomic E-state index is 0.121. The lowest BCUT2D eigenvalue weighted by Crippen LogP contribution is -2.40. The molecule has 8 heteroatoms. The van der Waals surface area contributed by atoms with Gasteiger partial charge in [-0.25, -0.2) is 4.90 Å². The van der Waals surface area contributed by atoms with Crippen molar-refractivity contribution in [1.29, 1.82) is 0 Å². The van der Waals surface area contributed by atoms with Gasteiger partial charge in [0.05, 0.1) is 36.3 Å². The maximum Gasteiger partial charge on any atom is 0.257 e. The van der Waals surface area contributed by atoms with Gasteiger partial charge >= 0.3 is 0 Å². The van der Waals surface area contributed by atoms with Crippen LogP contribution in [0.3, 0.4) is 0 Å². The van der Waals surface area contributed by atoms with Crippen LogP contribution in [-0.4, -0.2) is 54.8 Å². The number of nitrogens with zero attached hydrogens (tertiary/aromatic N) is 2. The zero-order valence-corrected chi connectivity index (χ0v) is 19.5. The number of carbonyl (C=O) groups excluding carboxylic acids is 4. The molecule has 0 bridgehead atoms. The SMILES string of the molecule is CC1=CC[C@H]2C(=O)N(c3ccccc3C(=O)Nc3cccc(C(=O)N4CCOCC4)c3)C(=O)[C@H]2C1. The van der Waals surface area contributed by atoms with Crippen LogP contribution in [0.2, 0.25) is 0 Å². The summed E-state index contributed by atoms with van der Waals surface area (Å²) in [4.78, 5) is 55.3. The minimum Gasteiger partial charge on any atom is -0.378 e. The van der Waals surface area contributed by atoms with Crippen LogP contribution in [0.1, 0.15) is 40.5 Å². The smallest absolute Gasteiger partial charge is 0.257 e. The first-order valence-corrected chi connectivity index (χ1v) is 11.8. The van der Waals surface area contributed by atoms with E-state index in [4.69, 9.17) is 4.74 Å². The number of nitrogens with one attached hydrogen (secondary N) is 1. The molecule has 35 heavy (non-hydrogen) atoms. The van der Waals surface area contributed by atoms with Crippen molar-refractivity contribution in [3.63, 3.8) is 0 Å². The molecule has 2 aliphatic heterocycles. The predicted molar refractivity (Wildman–Crippen MR) is 130 cm³/mol. The standard InChI is InChI=1S/C27H27N3O5/c1-17-9-10-20-22(15-17)27(34)30(26(20)33)23-8-3-2-7-21(23)24(31)28-19-6-4-5-18(16-19)25(32)29-11-13-35-14-12-29/h2-9,16,20,22H,10-15H2,1H3,(H,28,31)/t20-,22+/m1/s1. The first-order chi connectivity index (χ1) is 16.9. The number of benzene rings is 2. The lowest BCUT2D eigenvalue weighted by molar-refractivity contribution is -0.122. The summed E-state index contributed by atoms with van der Waals surface area (Å²) in [5.41, 5.74) is 2.54. The van der Waals surface area contributed by atoms with E-state index in [2.05, 4.69) is 5.32 Å². The zero-order chi connectivity index (χ0) is 24.5. The molecule has 2 heterocycles. The van der Waals surface area contributed by atoms with E-state index in [9.17, 15) is 19.2 Å². The number of hydrogen-bond acceptors (Lipinski definition) is 5. The van der Waals surface area contributed by atoms with Gasteiger partial charge in [-0.1, -0.05) is 29.8 Å². The average Bonchev–Trinajstić information content (AvgIpc) is 3.13. The van der Waals surface area contributed by atoms with Gasteiger partial charge in [0.2, 0.25) is 11.8 Å². The monoisotopic (exact) mass is 473 g/mol. The molecule has 0 spiro atoms.